The Hall–Kier alpha value is -1.00. The van der Waals surface area contributed by atoms with Crippen molar-refractivity contribution >= 4 is 22.9 Å². The Morgan fingerprint density at radius 2 is 2.18 bits per heavy atom. The van der Waals surface area contributed by atoms with E-state index in [1.807, 2.05) is 6.07 Å². The molecule has 0 spiro atoms. The zero-order valence-corrected chi connectivity index (χ0v) is 11.0. The normalized spacial score (nSPS) is 10.8. The Balaban J connectivity index is 2.27. The summed E-state index contributed by atoms with van der Waals surface area (Å²) in [5.74, 6) is 0.390. The number of hydrogen-bond acceptors (Lipinski definition) is 3. The monoisotopic (exact) mass is 270 g/mol. The molecule has 0 atom stereocenters. The number of aryl methyl sites for hydroxylation is 2. The topological polar surface area (TPSA) is 25.8 Å². The molecule has 0 aliphatic heterocycles. The lowest BCUT2D eigenvalue weighted by molar-refractivity contribution is 0.621. The van der Waals surface area contributed by atoms with Gasteiger partial charge in [-0.25, -0.2) is 4.39 Å². The van der Waals surface area contributed by atoms with Gasteiger partial charge >= 0.3 is 0 Å². The summed E-state index contributed by atoms with van der Waals surface area (Å²) < 4.78 is 13.9. The maximum absolute atomic E-state index is 13.9. The van der Waals surface area contributed by atoms with Crippen LogP contribution in [0.3, 0.4) is 0 Å². The summed E-state index contributed by atoms with van der Waals surface area (Å²) in [6.07, 6.45) is 1.67. The molecule has 2 rings (SSSR count). The predicted octanol–water partition coefficient (Wildman–Crippen LogP) is 3.82. The molecule has 0 bridgehead atoms. The lowest BCUT2D eigenvalue weighted by atomic mass is 10.1. The minimum atomic E-state index is -0.215. The molecule has 0 radical (unpaired) electrons. The van der Waals surface area contributed by atoms with Crippen molar-refractivity contribution in [3.8, 4) is 10.6 Å². The van der Waals surface area contributed by atoms with Crippen LogP contribution in [0, 0.1) is 12.7 Å². The van der Waals surface area contributed by atoms with E-state index in [0.717, 1.165) is 17.8 Å². The Bertz CT molecular complexity index is 513. The van der Waals surface area contributed by atoms with Crippen molar-refractivity contribution < 1.29 is 4.39 Å². The quantitative estimate of drug-likeness (QED) is 0.789. The number of rotatable bonds is 4. The average Bonchev–Trinajstić information content (AvgIpc) is 2.78. The summed E-state index contributed by atoms with van der Waals surface area (Å²) in [5, 5.41) is 9.61. The van der Waals surface area contributed by atoms with E-state index < -0.39 is 0 Å². The number of nitrogens with zero attached hydrogens (tertiary/aromatic N) is 2. The number of halogens is 2. The van der Waals surface area contributed by atoms with E-state index in [0.29, 0.717) is 22.0 Å². The predicted molar refractivity (Wildman–Crippen MR) is 69.1 cm³/mol. The second kappa shape index (κ2) is 5.56. The highest BCUT2D eigenvalue weighted by Gasteiger charge is 2.12. The van der Waals surface area contributed by atoms with Gasteiger partial charge in [-0.05, 0) is 25.0 Å². The minimum absolute atomic E-state index is 0.215. The second-order valence-electron chi connectivity index (χ2n) is 3.73. The van der Waals surface area contributed by atoms with E-state index in [2.05, 4.69) is 10.2 Å². The highest BCUT2D eigenvalue weighted by Crippen LogP contribution is 2.27. The first kappa shape index (κ1) is 12.5. The lowest BCUT2D eigenvalue weighted by Gasteiger charge is -2.00. The van der Waals surface area contributed by atoms with Crippen LogP contribution in [-0.4, -0.2) is 16.1 Å². The van der Waals surface area contributed by atoms with Crippen LogP contribution in [0.4, 0.5) is 4.39 Å². The first-order chi connectivity index (χ1) is 8.22. The van der Waals surface area contributed by atoms with Crippen LogP contribution < -0.4 is 0 Å². The molecule has 0 N–H and O–H groups in total. The zero-order chi connectivity index (χ0) is 12.3. The van der Waals surface area contributed by atoms with Crippen LogP contribution in [0.25, 0.3) is 10.6 Å². The van der Waals surface area contributed by atoms with Gasteiger partial charge in [0, 0.05) is 17.9 Å². The third kappa shape index (κ3) is 2.82. The molecule has 0 saturated heterocycles. The van der Waals surface area contributed by atoms with Crippen molar-refractivity contribution in [1.82, 2.24) is 10.2 Å². The number of aromatic nitrogens is 2. The van der Waals surface area contributed by atoms with Crippen LogP contribution in [0.15, 0.2) is 18.2 Å². The van der Waals surface area contributed by atoms with Gasteiger partial charge in [0.15, 0.2) is 5.01 Å². The minimum Gasteiger partial charge on any atom is -0.206 e. The van der Waals surface area contributed by atoms with E-state index in [-0.39, 0.29) is 5.82 Å². The van der Waals surface area contributed by atoms with Gasteiger partial charge in [-0.1, -0.05) is 23.5 Å². The van der Waals surface area contributed by atoms with Crippen molar-refractivity contribution in [3.05, 3.63) is 34.6 Å². The smallest absolute Gasteiger partial charge is 0.150 e. The summed E-state index contributed by atoms with van der Waals surface area (Å²) in [6.45, 7) is 1.74. The summed E-state index contributed by atoms with van der Waals surface area (Å²) in [6, 6.07) is 5.30. The molecular formula is C12H12ClFN2S. The number of alkyl halides is 1. The fraction of sp³-hybridized carbons (Fsp3) is 0.333. The molecule has 5 heteroatoms. The van der Waals surface area contributed by atoms with Crippen LogP contribution in [0.1, 0.15) is 17.0 Å². The molecular weight excluding hydrogens is 259 g/mol. The molecule has 2 aromatic rings. The van der Waals surface area contributed by atoms with Gasteiger partial charge in [-0.3, -0.25) is 0 Å². The summed E-state index contributed by atoms with van der Waals surface area (Å²) >= 11 is 7.05. The molecule has 17 heavy (non-hydrogen) atoms. The van der Waals surface area contributed by atoms with Gasteiger partial charge in [0.1, 0.15) is 10.8 Å². The molecule has 0 aliphatic rings. The standard InChI is InChI=1S/C12H12ClFN2S/c1-8-4-2-5-9(11(8)14)12-16-15-10(17-12)6-3-7-13/h2,4-5H,3,6-7H2,1H3. The molecule has 0 aliphatic carbocycles. The molecule has 1 aromatic heterocycles. The van der Waals surface area contributed by atoms with E-state index in [1.165, 1.54) is 11.3 Å². The van der Waals surface area contributed by atoms with E-state index in [1.54, 1.807) is 19.1 Å². The average molecular weight is 271 g/mol. The fourth-order valence-corrected chi connectivity index (χ4v) is 2.53. The van der Waals surface area contributed by atoms with E-state index in [4.69, 9.17) is 11.6 Å². The molecule has 0 saturated carbocycles. The largest absolute Gasteiger partial charge is 0.206 e. The maximum Gasteiger partial charge on any atom is 0.150 e. The Kier molecular flexibility index (Phi) is 4.07. The molecule has 0 unspecified atom stereocenters. The molecule has 1 heterocycles. The molecule has 0 amide bonds. The first-order valence-corrected chi connectivity index (χ1v) is 6.71. The second-order valence-corrected chi connectivity index (χ2v) is 5.17. The lowest BCUT2D eigenvalue weighted by Crippen LogP contribution is -1.87. The third-order valence-electron chi connectivity index (χ3n) is 2.41. The molecule has 1 aromatic carbocycles. The van der Waals surface area contributed by atoms with Crippen LogP contribution >= 0.6 is 22.9 Å². The fourth-order valence-electron chi connectivity index (χ4n) is 1.49. The third-order valence-corrected chi connectivity index (χ3v) is 3.70. The number of benzene rings is 1. The van der Waals surface area contributed by atoms with Crippen molar-refractivity contribution in [2.45, 2.75) is 19.8 Å². The van der Waals surface area contributed by atoms with Gasteiger partial charge < -0.3 is 0 Å². The van der Waals surface area contributed by atoms with Gasteiger partial charge in [-0.15, -0.1) is 21.8 Å². The van der Waals surface area contributed by atoms with Gasteiger partial charge in [0.2, 0.25) is 0 Å². The Labute approximate surface area is 108 Å². The van der Waals surface area contributed by atoms with Crippen molar-refractivity contribution in [3.63, 3.8) is 0 Å². The van der Waals surface area contributed by atoms with Crippen molar-refractivity contribution in [2.75, 3.05) is 5.88 Å². The zero-order valence-electron chi connectivity index (χ0n) is 9.41. The number of hydrogen-bond donors (Lipinski definition) is 0. The molecule has 2 nitrogen and oxygen atoms in total. The molecule has 0 fully saturated rings. The summed E-state index contributed by atoms with van der Waals surface area (Å²) in [7, 11) is 0. The Morgan fingerprint density at radius 3 is 2.94 bits per heavy atom. The van der Waals surface area contributed by atoms with Crippen molar-refractivity contribution in [1.29, 1.82) is 0 Å². The summed E-state index contributed by atoms with van der Waals surface area (Å²) in [4.78, 5) is 0. The highest BCUT2D eigenvalue weighted by atomic mass is 35.5. The summed E-state index contributed by atoms with van der Waals surface area (Å²) in [5.41, 5.74) is 1.15. The van der Waals surface area contributed by atoms with E-state index in [9.17, 15) is 4.39 Å². The molecule has 90 valence electrons. The Morgan fingerprint density at radius 1 is 1.35 bits per heavy atom. The van der Waals surface area contributed by atoms with Crippen LogP contribution in [0.2, 0.25) is 0 Å². The van der Waals surface area contributed by atoms with Crippen LogP contribution in [-0.2, 0) is 6.42 Å². The van der Waals surface area contributed by atoms with Crippen LogP contribution in [0.5, 0.6) is 0 Å². The SMILES string of the molecule is Cc1cccc(-c2nnc(CCCCl)s2)c1F. The van der Waals surface area contributed by atoms with Gasteiger partial charge in [-0.2, -0.15) is 0 Å². The van der Waals surface area contributed by atoms with Gasteiger partial charge in [0.05, 0.1) is 0 Å². The van der Waals surface area contributed by atoms with Crippen molar-refractivity contribution in [2.24, 2.45) is 0 Å². The highest BCUT2D eigenvalue weighted by molar-refractivity contribution is 7.14. The maximum atomic E-state index is 13.9. The van der Waals surface area contributed by atoms with Gasteiger partial charge in [0.25, 0.3) is 0 Å². The first-order valence-electron chi connectivity index (χ1n) is 5.36. The van der Waals surface area contributed by atoms with E-state index >= 15 is 0 Å².